The molecule has 0 saturated heterocycles. The maximum atomic E-state index is 12.4. The van der Waals surface area contributed by atoms with E-state index in [2.05, 4.69) is 26.6 Å². The quantitative estimate of drug-likeness (QED) is 0.744. The first kappa shape index (κ1) is 16.1. The third-order valence-electron chi connectivity index (χ3n) is 3.01. The van der Waals surface area contributed by atoms with Crippen LogP contribution >= 0.6 is 39.1 Å². The second-order valence-electron chi connectivity index (χ2n) is 4.48. The molecule has 0 radical (unpaired) electrons. The zero-order valence-corrected chi connectivity index (χ0v) is 14.5. The van der Waals surface area contributed by atoms with Crippen LogP contribution in [0.3, 0.4) is 0 Å². The van der Waals surface area contributed by atoms with E-state index < -0.39 is 0 Å². The Bertz CT molecular complexity index is 681. The van der Waals surface area contributed by atoms with Crippen molar-refractivity contribution in [2.45, 2.75) is 6.92 Å². The Labute approximate surface area is 141 Å². The number of carbonyl (C=O) groups is 1. The van der Waals surface area contributed by atoms with E-state index in [9.17, 15) is 4.79 Å². The van der Waals surface area contributed by atoms with Crippen molar-refractivity contribution in [3.8, 4) is 0 Å². The van der Waals surface area contributed by atoms with E-state index in [0.29, 0.717) is 21.3 Å². The summed E-state index contributed by atoms with van der Waals surface area (Å²) in [6.45, 7) is 1.88. The summed E-state index contributed by atoms with van der Waals surface area (Å²) in [6, 6.07) is 8.86. The molecule has 2 aromatic carbocycles. The van der Waals surface area contributed by atoms with Gasteiger partial charge in [0, 0.05) is 22.8 Å². The smallest absolute Gasteiger partial charge is 0.256 e. The second kappa shape index (κ2) is 6.69. The third kappa shape index (κ3) is 3.70. The van der Waals surface area contributed by atoms with E-state index in [1.54, 1.807) is 18.2 Å². The van der Waals surface area contributed by atoms with Crippen LogP contribution in [-0.2, 0) is 0 Å². The molecule has 0 heterocycles. The first-order chi connectivity index (χ1) is 9.92. The highest BCUT2D eigenvalue weighted by Crippen LogP contribution is 2.34. The fourth-order valence-electron chi connectivity index (χ4n) is 1.92. The van der Waals surface area contributed by atoms with Crippen LogP contribution in [0, 0.1) is 6.92 Å². The third-order valence-corrected chi connectivity index (χ3v) is 4.06. The number of anilines is 2. The standard InChI is InChI=1S/C15H13BrCl2N2O/c1-8-5-10(19-2)3-4-11(8)15(21)20-14-12(17)6-9(16)7-13(14)18/h3-7,19H,1-2H3,(H,20,21). The van der Waals surface area contributed by atoms with Gasteiger partial charge < -0.3 is 10.6 Å². The van der Waals surface area contributed by atoms with E-state index >= 15 is 0 Å². The Morgan fingerprint density at radius 1 is 1.14 bits per heavy atom. The van der Waals surface area contributed by atoms with Gasteiger partial charge in [0.05, 0.1) is 15.7 Å². The lowest BCUT2D eigenvalue weighted by atomic mass is 10.1. The predicted molar refractivity (Wildman–Crippen MR) is 92.8 cm³/mol. The number of carbonyl (C=O) groups excluding carboxylic acids is 1. The number of rotatable bonds is 3. The largest absolute Gasteiger partial charge is 0.388 e. The molecule has 110 valence electrons. The van der Waals surface area contributed by atoms with Gasteiger partial charge in [0.1, 0.15) is 0 Å². The average molecular weight is 388 g/mol. The monoisotopic (exact) mass is 386 g/mol. The minimum atomic E-state index is -0.249. The summed E-state index contributed by atoms with van der Waals surface area (Å²) < 4.78 is 0.755. The molecular weight excluding hydrogens is 375 g/mol. The Hall–Kier alpha value is -1.23. The highest BCUT2D eigenvalue weighted by molar-refractivity contribution is 9.10. The maximum Gasteiger partial charge on any atom is 0.256 e. The molecule has 2 aromatic rings. The Kier molecular flexibility index (Phi) is 5.14. The van der Waals surface area contributed by atoms with Crippen LogP contribution in [0.4, 0.5) is 11.4 Å². The molecule has 0 aromatic heterocycles. The second-order valence-corrected chi connectivity index (χ2v) is 6.21. The number of hydrogen-bond donors (Lipinski definition) is 2. The normalized spacial score (nSPS) is 10.3. The van der Waals surface area contributed by atoms with Gasteiger partial charge >= 0.3 is 0 Å². The molecule has 0 spiro atoms. The summed E-state index contributed by atoms with van der Waals surface area (Å²) in [4.78, 5) is 12.4. The number of amides is 1. The van der Waals surface area contributed by atoms with Gasteiger partial charge in [-0.3, -0.25) is 4.79 Å². The zero-order chi connectivity index (χ0) is 15.6. The molecule has 2 N–H and O–H groups in total. The van der Waals surface area contributed by atoms with Gasteiger partial charge in [-0.25, -0.2) is 0 Å². The number of nitrogens with one attached hydrogen (secondary N) is 2. The number of hydrogen-bond acceptors (Lipinski definition) is 2. The van der Waals surface area contributed by atoms with Gasteiger partial charge in [-0.1, -0.05) is 39.1 Å². The van der Waals surface area contributed by atoms with E-state index in [1.165, 1.54) is 0 Å². The topological polar surface area (TPSA) is 41.1 Å². The van der Waals surface area contributed by atoms with Crippen molar-refractivity contribution >= 4 is 56.4 Å². The Morgan fingerprint density at radius 3 is 2.29 bits per heavy atom. The summed E-state index contributed by atoms with van der Waals surface area (Å²) in [7, 11) is 1.83. The zero-order valence-electron chi connectivity index (χ0n) is 11.4. The lowest BCUT2D eigenvalue weighted by Crippen LogP contribution is -2.14. The summed E-state index contributed by atoms with van der Waals surface area (Å²) in [5.74, 6) is -0.249. The average Bonchev–Trinajstić information content (AvgIpc) is 2.42. The van der Waals surface area contributed by atoms with Crippen LogP contribution in [0.5, 0.6) is 0 Å². The molecule has 0 unspecified atom stereocenters. The molecule has 0 fully saturated rings. The van der Waals surface area contributed by atoms with Crippen LogP contribution in [0.25, 0.3) is 0 Å². The molecule has 6 heteroatoms. The first-order valence-corrected chi connectivity index (χ1v) is 7.71. The molecular formula is C15H13BrCl2N2O. The van der Waals surface area contributed by atoms with E-state index in [1.807, 2.05) is 26.1 Å². The maximum absolute atomic E-state index is 12.4. The Morgan fingerprint density at radius 2 is 1.76 bits per heavy atom. The van der Waals surface area contributed by atoms with Crippen molar-refractivity contribution in [1.29, 1.82) is 0 Å². The van der Waals surface area contributed by atoms with Crippen LogP contribution in [0.15, 0.2) is 34.8 Å². The number of halogens is 3. The van der Waals surface area contributed by atoms with Crippen molar-refractivity contribution in [3.05, 3.63) is 56.0 Å². The minimum Gasteiger partial charge on any atom is -0.388 e. The van der Waals surface area contributed by atoms with Crippen LogP contribution in [-0.4, -0.2) is 13.0 Å². The fraction of sp³-hybridized carbons (Fsp3) is 0.133. The van der Waals surface area contributed by atoms with E-state index in [-0.39, 0.29) is 5.91 Å². The predicted octanol–water partition coefficient (Wildman–Crippen LogP) is 5.36. The van der Waals surface area contributed by atoms with E-state index in [0.717, 1.165) is 15.7 Å². The van der Waals surface area contributed by atoms with Gasteiger partial charge in [0.25, 0.3) is 5.91 Å². The lowest BCUT2D eigenvalue weighted by Gasteiger charge is -2.12. The minimum absolute atomic E-state index is 0.249. The van der Waals surface area contributed by atoms with Crippen LogP contribution in [0.2, 0.25) is 10.0 Å². The fourth-order valence-corrected chi connectivity index (χ4v) is 3.22. The molecule has 0 aliphatic heterocycles. The SMILES string of the molecule is CNc1ccc(C(=O)Nc2c(Cl)cc(Br)cc2Cl)c(C)c1. The van der Waals surface area contributed by atoms with Crippen molar-refractivity contribution in [3.63, 3.8) is 0 Å². The van der Waals surface area contributed by atoms with Gasteiger partial charge in [-0.15, -0.1) is 0 Å². The van der Waals surface area contributed by atoms with Gasteiger partial charge in [-0.2, -0.15) is 0 Å². The summed E-state index contributed by atoms with van der Waals surface area (Å²) in [5.41, 5.74) is 2.79. The molecule has 3 nitrogen and oxygen atoms in total. The summed E-state index contributed by atoms with van der Waals surface area (Å²) in [6.07, 6.45) is 0. The number of aryl methyl sites for hydroxylation is 1. The molecule has 0 aliphatic rings. The molecule has 0 bridgehead atoms. The highest BCUT2D eigenvalue weighted by Gasteiger charge is 2.14. The van der Waals surface area contributed by atoms with E-state index in [4.69, 9.17) is 23.2 Å². The lowest BCUT2D eigenvalue weighted by molar-refractivity contribution is 0.102. The summed E-state index contributed by atoms with van der Waals surface area (Å²) in [5, 5.41) is 6.55. The molecule has 21 heavy (non-hydrogen) atoms. The van der Waals surface area contributed by atoms with Crippen molar-refractivity contribution in [1.82, 2.24) is 0 Å². The number of benzene rings is 2. The van der Waals surface area contributed by atoms with Gasteiger partial charge in [0.15, 0.2) is 0 Å². The first-order valence-electron chi connectivity index (χ1n) is 6.16. The van der Waals surface area contributed by atoms with Crippen molar-refractivity contribution in [2.75, 3.05) is 17.7 Å². The van der Waals surface area contributed by atoms with Crippen molar-refractivity contribution < 1.29 is 4.79 Å². The molecule has 0 atom stereocenters. The Balaban J connectivity index is 2.30. The molecule has 0 aliphatic carbocycles. The molecule has 2 rings (SSSR count). The molecule has 0 saturated carbocycles. The van der Waals surface area contributed by atoms with Gasteiger partial charge in [0.2, 0.25) is 0 Å². The molecule has 1 amide bonds. The summed E-state index contributed by atoms with van der Waals surface area (Å²) >= 11 is 15.5. The highest BCUT2D eigenvalue weighted by atomic mass is 79.9. The van der Waals surface area contributed by atoms with Crippen LogP contribution < -0.4 is 10.6 Å². The van der Waals surface area contributed by atoms with Crippen molar-refractivity contribution in [2.24, 2.45) is 0 Å². The van der Waals surface area contributed by atoms with Gasteiger partial charge in [-0.05, 0) is 42.8 Å². The van der Waals surface area contributed by atoms with Crippen LogP contribution in [0.1, 0.15) is 15.9 Å².